The molecule has 0 N–H and O–H groups in total. The molecule has 0 amide bonds. The molecule has 1 aliphatic rings. The highest BCUT2D eigenvalue weighted by Crippen LogP contribution is 2.30. The van der Waals surface area contributed by atoms with Crippen LogP contribution in [0.5, 0.6) is 0 Å². The van der Waals surface area contributed by atoms with E-state index in [4.69, 9.17) is 9.72 Å². The summed E-state index contributed by atoms with van der Waals surface area (Å²) in [4.78, 5) is 5.12. The fourth-order valence-corrected chi connectivity index (χ4v) is 5.02. The standard InChI is InChI=1S/C21H27N3O3S/c1-21(2,3)20-22-18-14-17(28(25,26)23-10-4-5-11-23)6-7-19(18)24(20)15-16-8-12-27-13-9-16/h4-7,10-11,14,16H,8-9,12-13,15H2,1-3H3. The van der Waals surface area contributed by atoms with Gasteiger partial charge in [0.25, 0.3) is 10.0 Å². The fourth-order valence-electron chi connectivity index (χ4n) is 3.82. The van der Waals surface area contributed by atoms with Gasteiger partial charge < -0.3 is 9.30 Å². The maximum Gasteiger partial charge on any atom is 0.267 e. The third kappa shape index (κ3) is 3.49. The van der Waals surface area contributed by atoms with Crippen molar-refractivity contribution in [3.8, 4) is 0 Å². The lowest BCUT2D eigenvalue weighted by atomic mass is 9.94. The lowest BCUT2D eigenvalue weighted by Gasteiger charge is -2.26. The summed E-state index contributed by atoms with van der Waals surface area (Å²) in [5.41, 5.74) is 1.58. The molecular weight excluding hydrogens is 374 g/mol. The number of ether oxygens (including phenoxy) is 1. The van der Waals surface area contributed by atoms with Crippen molar-refractivity contribution in [1.29, 1.82) is 0 Å². The maximum atomic E-state index is 12.9. The van der Waals surface area contributed by atoms with Crippen molar-refractivity contribution >= 4 is 21.1 Å². The first kappa shape index (κ1) is 19.2. The van der Waals surface area contributed by atoms with Crippen molar-refractivity contribution in [2.75, 3.05) is 13.2 Å². The molecule has 1 aliphatic heterocycles. The topological polar surface area (TPSA) is 66.1 Å². The van der Waals surface area contributed by atoms with Crippen LogP contribution in [0.2, 0.25) is 0 Å². The Labute approximate surface area is 166 Å². The molecular formula is C21H27N3O3S. The third-order valence-electron chi connectivity index (χ3n) is 5.32. The molecule has 3 aromatic rings. The average molecular weight is 402 g/mol. The van der Waals surface area contributed by atoms with E-state index in [0.29, 0.717) is 5.92 Å². The van der Waals surface area contributed by atoms with Gasteiger partial charge in [-0.3, -0.25) is 0 Å². The fraction of sp³-hybridized carbons (Fsp3) is 0.476. The Balaban J connectivity index is 1.80. The number of nitrogens with zero attached hydrogens (tertiary/aromatic N) is 3. The summed E-state index contributed by atoms with van der Waals surface area (Å²) in [6.07, 6.45) is 5.18. The Hall–Kier alpha value is -2.12. The lowest BCUT2D eigenvalue weighted by Crippen LogP contribution is -2.25. The molecule has 0 spiro atoms. The van der Waals surface area contributed by atoms with Gasteiger partial charge in [-0.15, -0.1) is 0 Å². The van der Waals surface area contributed by atoms with Crippen molar-refractivity contribution in [1.82, 2.24) is 13.5 Å². The van der Waals surface area contributed by atoms with Crippen molar-refractivity contribution in [3.05, 3.63) is 48.5 Å². The largest absolute Gasteiger partial charge is 0.381 e. The molecule has 0 atom stereocenters. The van der Waals surface area contributed by atoms with Crippen LogP contribution in [0, 0.1) is 5.92 Å². The van der Waals surface area contributed by atoms with Gasteiger partial charge >= 0.3 is 0 Å². The molecule has 150 valence electrons. The van der Waals surface area contributed by atoms with Gasteiger partial charge in [0, 0.05) is 37.6 Å². The van der Waals surface area contributed by atoms with Gasteiger partial charge in [0.05, 0.1) is 15.9 Å². The van der Waals surface area contributed by atoms with E-state index in [-0.39, 0.29) is 10.3 Å². The molecule has 0 unspecified atom stereocenters. The van der Waals surface area contributed by atoms with Gasteiger partial charge in [-0.25, -0.2) is 17.4 Å². The van der Waals surface area contributed by atoms with Gasteiger partial charge in [-0.2, -0.15) is 0 Å². The summed E-state index contributed by atoms with van der Waals surface area (Å²) < 4.78 is 34.7. The van der Waals surface area contributed by atoms with Crippen LogP contribution in [0.3, 0.4) is 0 Å². The molecule has 1 aromatic carbocycles. The molecule has 2 aromatic heterocycles. The summed E-state index contributed by atoms with van der Waals surface area (Å²) in [5.74, 6) is 1.54. The molecule has 0 aliphatic carbocycles. The van der Waals surface area contributed by atoms with Crippen molar-refractivity contribution in [3.63, 3.8) is 0 Å². The highest BCUT2D eigenvalue weighted by molar-refractivity contribution is 7.90. The number of imidazole rings is 1. The zero-order valence-electron chi connectivity index (χ0n) is 16.6. The van der Waals surface area contributed by atoms with Crippen LogP contribution in [0.1, 0.15) is 39.4 Å². The van der Waals surface area contributed by atoms with Gasteiger partial charge in [-0.05, 0) is 49.1 Å². The average Bonchev–Trinajstić information content (AvgIpc) is 3.31. The summed E-state index contributed by atoms with van der Waals surface area (Å²) in [5, 5.41) is 0. The molecule has 0 saturated carbocycles. The van der Waals surface area contributed by atoms with Crippen LogP contribution in [0.15, 0.2) is 47.6 Å². The number of hydrogen-bond acceptors (Lipinski definition) is 4. The molecule has 4 rings (SSSR count). The highest BCUT2D eigenvalue weighted by atomic mass is 32.2. The summed E-state index contributed by atoms with van der Waals surface area (Å²) in [7, 11) is -3.60. The highest BCUT2D eigenvalue weighted by Gasteiger charge is 2.26. The Morgan fingerprint density at radius 2 is 1.82 bits per heavy atom. The minimum atomic E-state index is -3.60. The predicted octanol–water partition coefficient (Wildman–Crippen LogP) is 3.80. The molecule has 6 nitrogen and oxygen atoms in total. The first-order valence-electron chi connectivity index (χ1n) is 9.74. The Kier molecular flexibility index (Phi) is 4.83. The number of benzene rings is 1. The van der Waals surface area contributed by atoms with E-state index in [9.17, 15) is 8.42 Å². The van der Waals surface area contributed by atoms with E-state index >= 15 is 0 Å². The van der Waals surface area contributed by atoms with E-state index in [1.165, 1.54) is 3.97 Å². The van der Waals surface area contributed by atoms with E-state index in [1.807, 2.05) is 6.07 Å². The number of fused-ring (bicyclic) bond motifs is 1. The van der Waals surface area contributed by atoms with Crippen LogP contribution < -0.4 is 0 Å². The Morgan fingerprint density at radius 3 is 2.46 bits per heavy atom. The van der Waals surface area contributed by atoms with E-state index in [2.05, 4.69) is 25.3 Å². The third-order valence-corrected chi connectivity index (χ3v) is 6.97. The van der Waals surface area contributed by atoms with Crippen LogP contribution in [-0.4, -0.2) is 35.2 Å². The summed E-state index contributed by atoms with van der Waals surface area (Å²) in [6.45, 7) is 8.93. The first-order chi connectivity index (χ1) is 13.3. The van der Waals surface area contributed by atoms with Gasteiger partial charge in [0.1, 0.15) is 5.82 Å². The zero-order valence-corrected chi connectivity index (χ0v) is 17.4. The van der Waals surface area contributed by atoms with Crippen molar-refractivity contribution in [2.24, 2.45) is 5.92 Å². The lowest BCUT2D eigenvalue weighted by molar-refractivity contribution is 0.0611. The van der Waals surface area contributed by atoms with Gasteiger partial charge in [0.15, 0.2) is 0 Å². The second-order valence-corrected chi connectivity index (χ2v) is 10.4. The van der Waals surface area contributed by atoms with Gasteiger partial charge in [0.2, 0.25) is 0 Å². The van der Waals surface area contributed by atoms with Crippen LogP contribution in [0.25, 0.3) is 11.0 Å². The minimum absolute atomic E-state index is 0.135. The van der Waals surface area contributed by atoms with Gasteiger partial charge in [-0.1, -0.05) is 20.8 Å². The molecule has 28 heavy (non-hydrogen) atoms. The van der Waals surface area contributed by atoms with E-state index < -0.39 is 10.0 Å². The van der Waals surface area contributed by atoms with E-state index in [0.717, 1.165) is 49.5 Å². The second-order valence-electron chi connectivity index (χ2n) is 8.52. The normalized spacial score (nSPS) is 16.7. The summed E-state index contributed by atoms with van der Waals surface area (Å²) in [6, 6.07) is 8.69. The molecule has 7 heteroatoms. The molecule has 1 saturated heterocycles. The predicted molar refractivity (Wildman–Crippen MR) is 109 cm³/mol. The summed E-state index contributed by atoms with van der Waals surface area (Å²) >= 11 is 0. The monoisotopic (exact) mass is 401 g/mol. The maximum absolute atomic E-state index is 12.9. The zero-order chi connectivity index (χ0) is 19.9. The number of rotatable bonds is 4. The first-order valence-corrected chi connectivity index (χ1v) is 11.2. The SMILES string of the molecule is CC(C)(C)c1nc2cc(S(=O)(=O)n3cccc3)ccc2n1CC1CCOCC1. The molecule has 0 bridgehead atoms. The van der Waals surface area contributed by atoms with E-state index in [1.54, 1.807) is 36.7 Å². The second kappa shape index (κ2) is 7.04. The number of hydrogen-bond donors (Lipinski definition) is 0. The molecule has 0 radical (unpaired) electrons. The molecule has 1 fully saturated rings. The van der Waals surface area contributed by atoms with Crippen molar-refractivity contribution < 1.29 is 13.2 Å². The molecule has 3 heterocycles. The Morgan fingerprint density at radius 1 is 1.14 bits per heavy atom. The minimum Gasteiger partial charge on any atom is -0.381 e. The Bertz CT molecular complexity index is 1070. The quantitative estimate of drug-likeness (QED) is 0.667. The van der Waals surface area contributed by atoms with Crippen LogP contribution in [-0.2, 0) is 26.7 Å². The smallest absolute Gasteiger partial charge is 0.267 e. The number of aromatic nitrogens is 3. The van der Waals surface area contributed by atoms with Crippen LogP contribution in [0.4, 0.5) is 0 Å². The van der Waals surface area contributed by atoms with Crippen LogP contribution >= 0.6 is 0 Å². The van der Waals surface area contributed by atoms with Crippen molar-refractivity contribution in [2.45, 2.75) is 50.5 Å².